The van der Waals surface area contributed by atoms with Gasteiger partial charge in [-0.15, -0.1) is 0 Å². The van der Waals surface area contributed by atoms with Gasteiger partial charge in [-0.25, -0.2) is 0 Å². The molecule has 0 saturated carbocycles. The lowest BCUT2D eigenvalue weighted by Gasteiger charge is -2.29. The highest BCUT2D eigenvalue weighted by atomic mass is 32.1. The highest BCUT2D eigenvalue weighted by molar-refractivity contribution is 7.80. The van der Waals surface area contributed by atoms with E-state index in [-0.39, 0.29) is 12.1 Å². The number of aryl methyl sites for hydroxylation is 4. The average molecular weight is 481 g/mol. The number of rotatable bonds is 5. The van der Waals surface area contributed by atoms with Gasteiger partial charge < -0.3 is 14.8 Å². The molecule has 5 rings (SSSR count). The summed E-state index contributed by atoms with van der Waals surface area (Å²) >= 11 is 5.96. The zero-order valence-corrected chi connectivity index (χ0v) is 21.9. The van der Waals surface area contributed by atoms with Gasteiger partial charge in [-0.2, -0.15) is 0 Å². The van der Waals surface area contributed by atoms with E-state index in [1.165, 1.54) is 39.3 Å². The minimum absolute atomic E-state index is 0.0210. The molecule has 178 valence electrons. The van der Waals surface area contributed by atoms with Crippen molar-refractivity contribution in [2.24, 2.45) is 0 Å². The summed E-state index contributed by atoms with van der Waals surface area (Å²) in [5.74, 6) is 0. The van der Waals surface area contributed by atoms with Gasteiger partial charge in [-0.3, -0.25) is 4.98 Å². The van der Waals surface area contributed by atoms with Gasteiger partial charge in [0.2, 0.25) is 0 Å². The third-order valence-electron chi connectivity index (χ3n) is 6.99. The molecule has 1 saturated heterocycles. The number of nitrogens with zero attached hydrogens (tertiary/aromatic N) is 3. The van der Waals surface area contributed by atoms with Crippen molar-refractivity contribution in [3.05, 3.63) is 112 Å². The molecule has 2 atom stereocenters. The maximum Gasteiger partial charge on any atom is 0.174 e. The van der Waals surface area contributed by atoms with E-state index in [1.807, 2.05) is 18.3 Å². The molecule has 35 heavy (non-hydrogen) atoms. The molecule has 1 fully saturated rings. The Morgan fingerprint density at radius 3 is 2.31 bits per heavy atom. The van der Waals surface area contributed by atoms with Gasteiger partial charge in [0, 0.05) is 29.0 Å². The van der Waals surface area contributed by atoms with Crippen molar-refractivity contribution >= 4 is 23.0 Å². The van der Waals surface area contributed by atoms with E-state index in [0.29, 0.717) is 0 Å². The van der Waals surface area contributed by atoms with Crippen molar-refractivity contribution in [2.75, 3.05) is 4.90 Å². The number of hydrogen-bond acceptors (Lipinski definition) is 2. The summed E-state index contributed by atoms with van der Waals surface area (Å²) < 4.78 is 2.39. The first kappa shape index (κ1) is 23.3. The summed E-state index contributed by atoms with van der Waals surface area (Å²) in [5.41, 5.74) is 10.9. The minimum atomic E-state index is -0.0557. The van der Waals surface area contributed by atoms with E-state index in [1.54, 1.807) is 0 Å². The zero-order chi connectivity index (χ0) is 24.7. The molecule has 0 amide bonds. The highest BCUT2D eigenvalue weighted by Crippen LogP contribution is 2.44. The molecular formula is C30H32N4S. The molecular weight excluding hydrogens is 448 g/mol. The zero-order valence-electron chi connectivity index (χ0n) is 21.0. The second kappa shape index (κ2) is 9.31. The van der Waals surface area contributed by atoms with Crippen LogP contribution >= 0.6 is 12.2 Å². The number of nitrogens with one attached hydrogen (secondary N) is 1. The fourth-order valence-electron chi connectivity index (χ4n) is 5.52. The van der Waals surface area contributed by atoms with Gasteiger partial charge in [0.1, 0.15) is 0 Å². The van der Waals surface area contributed by atoms with Gasteiger partial charge in [-0.05, 0) is 105 Å². The highest BCUT2D eigenvalue weighted by Gasteiger charge is 2.42. The summed E-state index contributed by atoms with van der Waals surface area (Å²) in [6.45, 7) is 10.9. The molecule has 3 heterocycles. The average Bonchev–Trinajstić information content (AvgIpc) is 3.34. The molecule has 5 heteroatoms. The Morgan fingerprint density at radius 1 is 0.914 bits per heavy atom. The summed E-state index contributed by atoms with van der Waals surface area (Å²) in [5, 5.41) is 4.34. The van der Waals surface area contributed by atoms with Crippen LogP contribution in [-0.4, -0.2) is 14.7 Å². The first-order chi connectivity index (χ1) is 16.9. The minimum Gasteiger partial charge on any atom is -0.351 e. The molecule has 0 bridgehead atoms. The quantitative estimate of drug-likeness (QED) is 0.317. The number of anilines is 1. The molecule has 0 aliphatic carbocycles. The number of thiocarbonyl (C=S) groups is 1. The molecule has 2 aromatic carbocycles. The molecule has 0 spiro atoms. The maximum atomic E-state index is 5.96. The molecule has 0 radical (unpaired) electrons. The Kier molecular flexibility index (Phi) is 6.20. The van der Waals surface area contributed by atoms with Crippen LogP contribution in [0, 0.1) is 27.7 Å². The molecule has 1 aliphatic rings. The van der Waals surface area contributed by atoms with E-state index in [2.05, 4.69) is 104 Å². The number of pyridine rings is 1. The van der Waals surface area contributed by atoms with Gasteiger partial charge in [-0.1, -0.05) is 37.3 Å². The maximum absolute atomic E-state index is 5.96. The van der Waals surface area contributed by atoms with Crippen molar-refractivity contribution in [1.29, 1.82) is 0 Å². The Hall–Kier alpha value is -3.44. The third kappa shape index (κ3) is 4.14. The summed E-state index contributed by atoms with van der Waals surface area (Å²) in [6.07, 6.45) is 2.85. The van der Waals surface area contributed by atoms with Crippen molar-refractivity contribution < 1.29 is 0 Å². The van der Waals surface area contributed by atoms with Crippen LogP contribution in [0.5, 0.6) is 0 Å². The lowest BCUT2D eigenvalue weighted by Crippen LogP contribution is -2.29. The van der Waals surface area contributed by atoms with Crippen LogP contribution < -0.4 is 10.2 Å². The molecule has 1 N–H and O–H groups in total. The molecule has 2 aromatic heterocycles. The van der Waals surface area contributed by atoms with E-state index >= 15 is 0 Å². The molecule has 4 aromatic rings. The Labute approximate surface area is 213 Å². The van der Waals surface area contributed by atoms with E-state index in [4.69, 9.17) is 17.2 Å². The summed E-state index contributed by atoms with van der Waals surface area (Å²) in [7, 11) is 0. The first-order valence-electron chi connectivity index (χ1n) is 12.2. The monoisotopic (exact) mass is 480 g/mol. The SMILES string of the molecule is CCc1ccccc1-n1c(C)cc([C@H]2[C@H](c3ccccn3)NC(=S)N2c2cc(C)cc(C)c2)c1C. The van der Waals surface area contributed by atoms with Crippen LogP contribution in [-0.2, 0) is 6.42 Å². The van der Waals surface area contributed by atoms with Crippen LogP contribution in [0.4, 0.5) is 5.69 Å². The Bertz CT molecular complexity index is 1370. The topological polar surface area (TPSA) is 33.1 Å². The van der Waals surface area contributed by atoms with E-state index < -0.39 is 0 Å². The fraction of sp³-hybridized carbons (Fsp3) is 0.267. The number of aromatic nitrogens is 2. The van der Waals surface area contributed by atoms with Crippen LogP contribution in [0.2, 0.25) is 0 Å². The van der Waals surface area contributed by atoms with Crippen LogP contribution in [0.3, 0.4) is 0 Å². The fourth-order valence-corrected chi connectivity index (χ4v) is 5.87. The van der Waals surface area contributed by atoms with Gasteiger partial charge >= 0.3 is 0 Å². The van der Waals surface area contributed by atoms with Crippen LogP contribution in [0.25, 0.3) is 5.69 Å². The third-order valence-corrected chi connectivity index (χ3v) is 7.30. The predicted octanol–water partition coefficient (Wildman–Crippen LogP) is 6.85. The van der Waals surface area contributed by atoms with Gasteiger partial charge in [0.25, 0.3) is 0 Å². The second-order valence-electron chi connectivity index (χ2n) is 9.49. The second-order valence-corrected chi connectivity index (χ2v) is 9.87. The van der Waals surface area contributed by atoms with Crippen molar-refractivity contribution in [3.63, 3.8) is 0 Å². The van der Waals surface area contributed by atoms with E-state index in [9.17, 15) is 0 Å². The number of hydrogen-bond donors (Lipinski definition) is 1. The van der Waals surface area contributed by atoms with Crippen LogP contribution in [0.1, 0.15) is 58.3 Å². The normalized spacial score (nSPS) is 17.6. The lowest BCUT2D eigenvalue weighted by atomic mass is 9.96. The van der Waals surface area contributed by atoms with Gasteiger partial charge in [0.05, 0.1) is 17.8 Å². The number of para-hydroxylation sites is 1. The molecule has 4 nitrogen and oxygen atoms in total. The molecule has 1 aliphatic heterocycles. The predicted molar refractivity (Wildman–Crippen MR) is 148 cm³/mol. The van der Waals surface area contributed by atoms with Crippen molar-refractivity contribution in [2.45, 2.75) is 53.1 Å². The Balaban J connectivity index is 1.71. The van der Waals surface area contributed by atoms with E-state index in [0.717, 1.165) is 22.9 Å². The standard InChI is InChI=1S/C30H32N4S/c1-6-23-11-7-8-13-27(23)33-21(4)18-25(22(33)5)29-28(26-12-9-10-14-31-26)32-30(35)34(29)24-16-19(2)15-20(3)17-24/h7-18,28-29H,6H2,1-5H3,(H,32,35)/t28-,29-/m0/s1. The largest absolute Gasteiger partial charge is 0.351 e. The Morgan fingerprint density at radius 2 is 1.63 bits per heavy atom. The number of benzene rings is 2. The van der Waals surface area contributed by atoms with Crippen LogP contribution in [0.15, 0.2) is 72.9 Å². The summed E-state index contributed by atoms with van der Waals surface area (Å²) in [4.78, 5) is 7.01. The smallest absolute Gasteiger partial charge is 0.174 e. The van der Waals surface area contributed by atoms with Crippen molar-refractivity contribution in [3.8, 4) is 5.69 Å². The van der Waals surface area contributed by atoms with Crippen molar-refractivity contribution in [1.82, 2.24) is 14.9 Å². The summed E-state index contributed by atoms with van der Waals surface area (Å²) in [6, 6.07) is 23.7. The van der Waals surface area contributed by atoms with Gasteiger partial charge in [0.15, 0.2) is 5.11 Å². The molecule has 0 unspecified atom stereocenters. The first-order valence-corrected chi connectivity index (χ1v) is 12.7. The lowest BCUT2D eigenvalue weighted by molar-refractivity contribution is 0.565.